The SMILES string of the molecule is Cc1ccc(C(=O)[O-])cc1.Cc1ccc(C(=O)[O-])cc1.NCc1ccccc1.NCc1ccccc1.[Cu+2]. The van der Waals surface area contributed by atoms with Gasteiger partial charge in [0.25, 0.3) is 0 Å². The molecule has 1 radical (unpaired) electrons. The standard InChI is InChI=1S/2C8H8O2.2C7H9N.Cu/c2*1-6-2-4-7(5-3-6)8(9)10;2*8-6-7-4-2-1-3-5-7;/h2*2-5H,1H3,(H,9,10);2*1-5H,6,8H2;/q;;;;+2/p-2. The summed E-state index contributed by atoms with van der Waals surface area (Å²) in [5, 5.41) is 20.4. The fourth-order valence-electron chi connectivity index (χ4n) is 2.61. The average Bonchev–Trinajstić information content (AvgIpc) is 2.91. The second kappa shape index (κ2) is 19.4. The van der Waals surface area contributed by atoms with Gasteiger partial charge in [-0.15, -0.1) is 0 Å². The van der Waals surface area contributed by atoms with E-state index in [0.717, 1.165) is 11.1 Å². The minimum atomic E-state index is -1.12. The second-order valence-electron chi connectivity index (χ2n) is 7.69. The number of carbonyl (C=O) groups excluding carboxylic acids is 2. The van der Waals surface area contributed by atoms with Crippen LogP contribution < -0.4 is 21.7 Å². The van der Waals surface area contributed by atoms with E-state index in [1.807, 2.05) is 74.5 Å². The molecule has 0 aliphatic rings. The van der Waals surface area contributed by atoms with Crippen molar-refractivity contribution in [2.24, 2.45) is 11.5 Å². The number of benzene rings is 4. The summed E-state index contributed by atoms with van der Waals surface area (Å²) in [4.78, 5) is 20.4. The van der Waals surface area contributed by atoms with Gasteiger partial charge in [0.05, 0.1) is 11.9 Å². The van der Waals surface area contributed by atoms with E-state index in [-0.39, 0.29) is 28.2 Å². The molecule has 0 amide bonds. The van der Waals surface area contributed by atoms with E-state index >= 15 is 0 Å². The average molecular weight is 548 g/mol. The Kier molecular flexibility index (Phi) is 17.5. The summed E-state index contributed by atoms with van der Waals surface area (Å²) in [6.07, 6.45) is 0. The Bertz CT molecular complexity index is 1060. The molecule has 0 saturated carbocycles. The van der Waals surface area contributed by atoms with Crippen LogP contribution in [0.3, 0.4) is 0 Å². The van der Waals surface area contributed by atoms with Crippen molar-refractivity contribution < 1.29 is 36.9 Å². The molecule has 0 atom stereocenters. The quantitative estimate of drug-likeness (QED) is 0.377. The van der Waals surface area contributed by atoms with E-state index in [2.05, 4.69) is 0 Å². The van der Waals surface area contributed by atoms with Gasteiger partial charge in [0.1, 0.15) is 0 Å². The summed E-state index contributed by atoms with van der Waals surface area (Å²) < 4.78 is 0. The first-order chi connectivity index (χ1) is 17.3. The van der Waals surface area contributed by atoms with Crippen LogP contribution in [0.4, 0.5) is 0 Å². The first-order valence-electron chi connectivity index (χ1n) is 11.3. The topological polar surface area (TPSA) is 132 Å². The number of carboxylic acids is 2. The number of rotatable bonds is 4. The maximum Gasteiger partial charge on any atom is 2.00 e. The molecule has 197 valence electrons. The van der Waals surface area contributed by atoms with E-state index in [9.17, 15) is 19.8 Å². The predicted octanol–water partition coefficient (Wildman–Crippen LogP) is 3.01. The van der Waals surface area contributed by atoms with E-state index in [1.54, 1.807) is 24.3 Å². The number of carbonyl (C=O) groups is 2. The van der Waals surface area contributed by atoms with Gasteiger partial charge in [0, 0.05) is 13.1 Å². The molecule has 4 rings (SSSR count). The molecule has 0 unspecified atom stereocenters. The summed E-state index contributed by atoms with van der Waals surface area (Å²) in [5.74, 6) is -2.25. The first kappa shape index (κ1) is 33.3. The molecule has 6 nitrogen and oxygen atoms in total. The van der Waals surface area contributed by atoms with Crippen molar-refractivity contribution in [3.63, 3.8) is 0 Å². The van der Waals surface area contributed by atoms with E-state index in [4.69, 9.17) is 11.5 Å². The van der Waals surface area contributed by atoms with Crippen LogP contribution in [0.15, 0.2) is 109 Å². The van der Waals surface area contributed by atoms with Crippen molar-refractivity contribution in [2.75, 3.05) is 0 Å². The largest absolute Gasteiger partial charge is 2.00 e. The van der Waals surface area contributed by atoms with Gasteiger partial charge < -0.3 is 31.3 Å². The second-order valence-corrected chi connectivity index (χ2v) is 7.69. The molecule has 4 aromatic rings. The van der Waals surface area contributed by atoms with Crippen molar-refractivity contribution >= 4 is 11.9 Å². The fourth-order valence-corrected chi connectivity index (χ4v) is 2.61. The predicted molar refractivity (Wildman–Crippen MR) is 140 cm³/mol. The van der Waals surface area contributed by atoms with Crippen LogP contribution in [0.5, 0.6) is 0 Å². The van der Waals surface area contributed by atoms with Gasteiger partial charge in [0.2, 0.25) is 0 Å². The monoisotopic (exact) mass is 547 g/mol. The molecular weight excluding hydrogens is 516 g/mol. The third-order valence-corrected chi connectivity index (χ3v) is 4.73. The molecule has 4 N–H and O–H groups in total. The number of nitrogens with two attached hydrogens (primary N) is 2. The zero-order valence-electron chi connectivity index (χ0n) is 20.9. The summed E-state index contributed by atoms with van der Waals surface area (Å²) in [7, 11) is 0. The van der Waals surface area contributed by atoms with Crippen molar-refractivity contribution in [3.8, 4) is 0 Å². The normalized spacial score (nSPS) is 8.97. The Labute approximate surface area is 229 Å². The molecule has 0 spiro atoms. The van der Waals surface area contributed by atoms with Crippen LogP contribution in [-0.2, 0) is 30.2 Å². The summed E-state index contributed by atoms with van der Waals surface area (Å²) in [6.45, 7) is 5.08. The molecule has 0 fully saturated rings. The van der Waals surface area contributed by atoms with Gasteiger partial charge in [-0.1, -0.05) is 120 Å². The Morgan fingerprint density at radius 1 is 0.541 bits per heavy atom. The summed E-state index contributed by atoms with van der Waals surface area (Å²) in [6, 6.07) is 33.1. The minimum Gasteiger partial charge on any atom is -0.545 e. The maximum atomic E-state index is 10.2. The van der Waals surface area contributed by atoms with Crippen LogP contribution >= 0.6 is 0 Å². The van der Waals surface area contributed by atoms with Gasteiger partial charge in [-0.05, 0) is 36.1 Å². The van der Waals surface area contributed by atoms with Gasteiger partial charge in [-0.3, -0.25) is 0 Å². The van der Waals surface area contributed by atoms with Crippen LogP contribution in [0.25, 0.3) is 0 Å². The third kappa shape index (κ3) is 15.1. The van der Waals surface area contributed by atoms with Gasteiger partial charge >= 0.3 is 17.1 Å². The maximum absolute atomic E-state index is 10.2. The molecule has 37 heavy (non-hydrogen) atoms. The molecule has 7 heteroatoms. The van der Waals surface area contributed by atoms with Crippen molar-refractivity contribution in [3.05, 3.63) is 143 Å². The molecule has 0 bridgehead atoms. The number of hydrogen-bond donors (Lipinski definition) is 2. The number of hydrogen-bond acceptors (Lipinski definition) is 6. The summed E-state index contributed by atoms with van der Waals surface area (Å²) in [5.41, 5.74) is 15.6. The van der Waals surface area contributed by atoms with Crippen LogP contribution in [0.1, 0.15) is 43.0 Å². The third-order valence-electron chi connectivity index (χ3n) is 4.73. The zero-order valence-corrected chi connectivity index (χ0v) is 21.8. The zero-order chi connectivity index (χ0) is 26.8. The molecule has 4 aromatic carbocycles. The molecule has 0 heterocycles. The van der Waals surface area contributed by atoms with E-state index in [1.165, 1.54) is 35.4 Å². The Morgan fingerprint density at radius 2 is 0.811 bits per heavy atom. The number of aromatic carboxylic acids is 2. The summed E-state index contributed by atoms with van der Waals surface area (Å²) >= 11 is 0. The molecule has 0 aliphatic heterocycles. The smallest absolute Gasteiger partial charge is 0.545 e. The van der Waals surface area contributed by atoms with Gasteiger partial charge in [-0.2, -0.15) is 0 Å². The molecular formula is C30H32CuN2O4. The Balaban J connectivity index is 0.000000465. The van der Waals surface area contributed by atoms with Crippen molar-refractivity contribution in [1.82, 2.24) is 0 Å². The minimum absolute atomic E-state index is 0. The Morgan fingerprint density at radius 3 is 1.00 bits per heavy atom. The van der Waals surface area contributed by atoms with Crippen molar-refractivity contribution in [2.45, 2.75) is 26.9 Å². The van der Waals surface area contributed by atoms with Crippen molar-refractivity contribution in [1.29, 1.82) is 0 Å². The fraction of sp³-hybridized carbons (Fsp3) is 0.133. The van der Waals surface area contributed by atoms with E-state index < -0.39 is 11.9 Å². The molecule has 0 aliphatic carbocycles. The number of aryl methyl sites for hydroxylation is 2. The first-order valence-corrected chi connectivity index (χ1v) is 11.3. The molecule has 0 aromatic heterocycles. The van der Waals surface area contributed by atoms with Gasteiger partial charge in [0.15, 0.2) is 0 Å². The van der Waals surface area contributed by atoms with Crippen LogP contribution in [0.2, 0.25) is 0 Å². The number of carboxylic acid groups (broad SMARTS) is 2. The van der Waals surface area contributed by atoms with E-state index in [0.29, 0.717) is 13.1 Å². The van der Waals surface area contributed by atoms with Crippen LogP contribution in [0, 0.1) is 13.8 Å². The van der Waals surface area contributed by atoms with Crippen LogP contribution in [-0.4, -0.2) is 11.9 Å². The molecule has 0 saturated heterocycles. The Hall–Kier alpha value is -3.74. The van der Waals surface area contributed by atoms with Gasteiger partial charge in [-0.25, -0.2) is 0 Å².